The Hall–Kier alpha value is -1.32. The van der Waals surface area contributed by atoms with E-state index in [1.54, 1.807) is 11.8 Å². The first-order chi connectivity index (χ1) is 11.5. The average molecular weight is 343 g/mol. The molecule has 0 fully saturated rings. The van der Waals surface area contributed by atoms with Gasteiger partial charge >= 0.3 is 0 Å². The monoisotopic (exact) mass is 342 g/mol. The van der Waals surface area contributed by atoms with Gasteiger partial charge in [-0.15, -0.1) is 0 Å². The van der Waals surface area contributed by atoms with Gasteiger partial charge in [-0.1, -0.05) is 42.8 Å². The highest BCUT2D eigenvalue weighted by Gasteiger charge is 2.08. The predicted octanol–water partition coefficient (Wildman–Crippen LogP) is 5.40. The lowest BCUT2D eigenvalue weighted by molar-refractivity contribution is 0.639. The molecule has 0 saturated heterocycles. The Kier molecular flexibility index (Phi) is 7.32. The summed E-state index contributed by atoms with van der Waals surface area (Å²) in [5, 5.41) is 4.63. The molecule has 1 aromatic carbocycles. The lowest BCUT2D eigenvalue weighted by Gasteiger charge is -2.12. The normalized spacial score (nSPS) is 11.0. The van der Waals surface area contributed by atoms with Crippen LogP contribution in [0.15, 0.2) is 34.2 Å². The molecule has 2 nitrogen and oxygen atoms in total. The zero-order valence-electron chi connectivity index (χ0n) is 15.7. The molecule has 1 heterocycles. The smallest absolute Gasteiger partial charge is 0.101 e. The Morgan fingerprint density at radius 1 is 0.958 bits per heavy atom. The van der Waals surface area contributed by atoms with E-state index in [1.165, 1.54) is 40.0 Å². The van der Waals surface area contributed by atoms with E-state index in [0.717, 1.165) is 30.2 Å². The van der Waals surface area contributed by atoms with Crippen LogP contribution in [-0.2, 0) is 6.42 Å². The number of hydrogen-bond acceptors (Lipinski definition) is 3. The number of unbranched alkanes of at least 4 members (excludes halogenated alkanes) is 1. The van der Waals surface area contributed by atoms with Crippen LogP contribution < -0.4 is 5.32 Å². The standard InChI is InChI=1S/C21H30N2S/c1-6-7-9-22-10-8-19-13-18(5)23-20(14-19)24-21-16(3)11-15(2)12-17(21)4/h11-14,22H,6-10H2,1-5H3. The maximum atomic E-state index is 4.73. The van der Waals surface area contributed by atoms with Crippen LogP contribution in [0.3, 0.4) is 0 Å². The molecule has 0 saturated carbocycles. The van der Waals surface area contributed by atoms with Gasteiger partial charge in [0, 0.05) is 10.6 Å². The van der Waals surface area contributed by atoms with E-state index in [4.69, 9.17) is 4.98 Å². The molecule has 0 unspecified atom stereocenters. The highest BCUT2D eigenvalue weighted by atomic mass is 32.2. The van der Waals surface area contributed by atoms with Crippen molar-refractivity contribution in [2.75, 3.05) is 13.1 Å². The molecule has 0 aliphatic rings. The van der Waals surface area contributed by atoms with E-state index in [1.807, 2.05) is 0 Å². The van der Waals surface area contributed by atoms with Crippen LogP contribution in [0.25, 0.3) is 0 Å². The fourth-order valence-electron chi connectivity index (χ4n) is 3.00. The van der Waals surface area contributed by atoms with E-state index in [-0.39, 0.29) is 0 Å². The van der Waals surface area contributed by atoms with Gasteiger partial charge in [-0.25, -0.2) is 4.98 Å². The number of aryl methyl sites for hydroxylation is 4. The van der Waals surface area contributed by atoms with Crippen LogP contribution in [-0.4, -0.2) is 18.1 Å². The van der Waals surface area contributed by atoms with E-state index in [0.29, 0.717) is 0 Å². The number of nitrogens with one attached hydrogen (secondary N) is 1. The third-order valence-electron chi connectivity index (χ3n) is 4.10. The van der Waals surface area contributed by atoms with Crippen LogP contribution in [0.2, 0.25) is 0 Å². The maximum Gasteiger partial charge on any atom is 0.101 e. The minimum Gasteiger partial charge on any atom is -0.316 e. The molecule has 1 aromatic heterocycles. The number of aromatic nitrogens is 1. The second-order valence-corrected chi connectivity index (χ2v) is 7.67. The van der Waals surface area contributed by atoms with Crippen LogP contribution >= 0.6 is 11.8 Å². The van der Waals surface area contributed by atoms with E-state index in [2.05, 4.69) is 64.2 Å². The predicted molar refractivity (Wildman–Crippen MR) is 105 cm³/mol. The molecular formula is C21H30N2S. The number of nitrogens with zero attached hydrogens (tertiary/aromatic N) is 1. The average Bonchev–Trinajstić information content (AvgIpc) is 2.50. The summed E-state index contributed by atoms with van der Waals surface area (Å²) in [6.45, 7) is 13.0. The molecule has 0 amide bonds. The summed E-state index contributed by atoms with van der Waals surface area (Å²) in [6.07, 6.45) is 3.56. The first kappa shape index (κ1) is 19.0. The highest BCUT2D eigenvalue weighted by Crippen LogP contribution is 2.33. The Bertz CT molecular complexity index is 657. The molecule has 130 valence electrons. The Morgan fingerprint density at radius 3 is 2.33 bits per heavy atom. The van der Waals surface area contributed by atoms with Crippen LogP contribution in [0.4, 0.5) is 0 Å². The van der Waals surface area contributed by atoms with Gasteiger partial charge in [0.15, 0.2) is 0 Å². The Labute approximate surface area is 151 Å². The molecule has 24 heavy (non-hydrogen) atoms. The molecule has 0 aliphatic heterocycles. The van der Waals surface area contributed by atoms with Crippen molar-refractivity contribution in [3.63, 3.8) is 0 Å². The summed E-state index contributed by atoms with van der Waals surface area (Å²) in [6, 6.07) is 8.96. The lowest BCUT2D eigenvalue weighted by Crippen LogP contribution is -2.18. The van der Waals surface area contributed by atoms with Gasteiger partial charge < -0.3 is 5.32 Å². The van der Waals surface area contributed by atoms with Crippen molar-refractivity contribution >= 4 is 11.8 Å². The van der Waals surface area contributed by atoms with E-state index in [9.17, 15) is 0 Å². The minimum absolute atomic E-state index is 1.04. The molecule has 0 spiro atoms. The van der Waals surface area contributed by atoms with Gasteiger partial charge in [0.05, 0.1) is 0 Å². The zero-order chi connectivity index (χ0) is 17.5. The summed E-state index contributed by atoms with van der Waals surface area (Å²) in [5.41, 5.74) is 6.47. The largest absolute Gasteiger partial charge is 0.316 e. The fraction of sp³-hybridized carbons (Fsp3) is 0.476. The lowest BCUT2D eigenvalue weighted by atomic mass is 10.1. The van der Waals surface area contributed by atoms with Crippen molar-refractivity contribution in [1.82, 2.24) is 10.3 Å². The first-order valence-corrected chi connectivity index (χ1v) is 9.75. The van der Waals surface area contributed by atoms with Crippen molar-refractivity contribution in [3.8, 4) is 0 Å². The second kappa shape index (κ2) is 9.24. The summed E-state index contributed by atoms with van der Waals surface area (Å²) in [5.74, 6) is 0. The van der Waals surface area contributed by atoms with Gasteiger partial charge in [0.2, 0.25) is 0 Å². The minimum atomic E-state index is 1.04. The molecule has 0 bridgehead atoms. The van der Waals surface area contributed by atoms with Gasteiger partial charge in [0.25, 0.3) is 0 Å². The first-order valence-electron chi connectivity index (χ1n) is 8.93. The maximum absolute atomic E-state index is 4.73. The summed E-state index contributed by atoms with van der Waals surface area (Å²) >= 11 is 1.79. The van der Waals surface area contributed by atoms with Crippen molar-refractivity contribution in [2.45, 2.75) is 63.8 Å². The number of benzene rings is 1. The van der Waals surface area contributed by atoms with Crippen LogP contribution in [0, 0.1) is 27.7 Å². The van der Waals surface area contributed by atoms with Crippen molar-refractivity contribution in [3.05, 3.63) is 52.2 Å². The highest BCUT2D eigenvalue weighted by molar-refractivity contribution is 7.99. The van der Waals surface area contributed by atoms with Gasteiger partial charge in [-0.05, 0) is 82.4 Å². The molecule has 0 aliphatic carbocycles. The zero-order valence-corrected chi connectivity index (χ0v) is 16.5. The van der Waals surface area contributed by atoms with Crippen LogP contribution in [0.1, 0.15) is 47.7 Å². The van der Waals surface area contributed by atoms with Crippen molar-refractivity contribution < 1.29 is 0 Å². The molecule has 3 heteroatoms. The molecule has 2 rings (SSSR count). The van der Waals surface area contributed by atoms with Gasteiger partial charge in [-0.3, -0.25) is 0 Å². The third kappa shape index (κ3) is 5.64. The van der Waals surface area contributed by atoms with E-state index < -0.39 is 0 Å². The second-order valence-electron chi connectivity index (χ2n) is 6.64. The Morgan fingerprint density at radius 2 is 1.67 bits per heavy atom. The van der Waals surface area contributed by atoms with Gasteiger partial charge in [-0.2, -0.15) is 0 Å². The number of pyridine rings is 1. The summed E-state index contributed by atoms with van der Waals surface area (Å²) < 4.78 is 0. The molecular weight excluding hydrogens is 312 g/mol. The van der Waals surface area contributed by atoms with E-state index >= 15 is 0 Å². The SMILES string of the molecule is CCCCNCCc1cc(C)nc(Sc2c(C)cc(C)cc2C)c1. The quantitative estimate of drug-likeness (QED) is 0.650. The molecule has 0 radical (unpaired) electrons. The summed E-state index contributed by atoms with van der Waals surface area (Å²) in [7, 11) is 0. The van der Waals surface area contributed by atoms with Crippen molar-refractivity contribution in [1.29, 1.82) is 0 Å². The fourth-order valence-corrected chi connectivity index (χ4v) is 4.04. The molecule has 0 atom stereocenters. The number of hydrogen-bond donors (Lipinski definition) is 1. The molecule has 2 aromatic rings. The number of rotatable bonds is 8. The summed E-state index contributed by atoms with van der Waals surface area (Å²) in [4.78, 5) is 6.07. The Balaban J connectivity index is 2.08. The third-order valence-corrected chi connectivity index (χ3v) is 5.36. The van der Waals surface area contributed by atoms with Crippen LogP contribution in [0.5, 0.6) is 0 Å². The van der Waals surface area contributed by atoms with Gasteiger partial charge in [0.1, 0.15) is 5.03 Å². The van der Waals surface area contributed by atoms with Crippen molar-refractivity contribution in [2.24, 2.45) is 0 Å². The molecule has 1 N–H and O–H groups in total. The topological polar surface area (TPSA) is 24.9 Å².